The van der Waals surface area contributed by atoms with Crippen molar-refractivity contribution in [2.45, 2.75) is 20.7 Å². The fourth-order valence-corrected chi connectivity index (χ4v) is 1.99. The zero-order valence-electron chi connectivity index (χ0n) is 11.0. The van der Waals surface area contributed by atoms with Gasteiger partial charge in [0.05, 0.1) is 11.3 Å². The van der Waals surface area contributed by atoms with Crippen LogP contribution in [0.15, 0.2) is 18.5 Å². The van der Waals surface area contributed by atoms with Crippen LogP contribution in [0, 0.1) is 24.0 Å². The first-order valence-electron chi connectivity index (χ1n) is 5.84. The normalized spacial score (nSPS) is 10.5. The quantitative estimate of drug-likeness (QED) is 0.389. The van der Waals surface area contributed by atoms with E-state index in [1.807, 2.05) is 21.0 Å². The third kappa shape index (κ3) is 2.19. The molecule has 0 saturated heterocycles. The van der Waals surface area contributed by atoms with Crippen molar-refractivity contribution < 1.29 is 4.92 Å². The second-order valence-corrected chi connectivity index (χ2v) is 4.33. The van der Waals surface area contributed by atoms with Gasteiger partial charge in [0, 0.05) is 23.0 Å². The molecule has 1 radical (unpaired) electrons. The number of aromatic nitrogens is 2. The summed E-state index contributed by atoms with van der Waals surface area (Å²) in [5.41, 5.74) is 9.17. The smallest absolute Gasteiger partial charge is 0.293 e. The van der Waals surface area contributed by atoms with Crippen molar-refractivity contribution in [3.8, 4) is 5.69 Å². The molecule has 0 aliphatic heterocycles. The Labute approximate surface area is 111 Å². The number of hydrogen-bond acceptors (Lipinski definition) is 4. The lowest BCUT2D eigenvalue weighted by molar-refractivity contribution is -0.384. The molecule has 2 aromatic rings. The summed E-state index contributed by atoms with van der Waals surface area (Å²) in [6.45, 7) is 5.48. The highest BCUT2D eigenvalue weighted by Crippen LogP contribution is 2.28. The molecule has 1 heterocycles. The second kappa shape index (κ2) is 4.76. The van der Waals surface area contributed by atoms with Crippen LogP contribution in [0.5, 0.6) is 0 Å². The van der Waals surface area contributed by atoms with Crippen LogP contribution in [0.4, 0.5) is 11.4 Å². The zero-order chi connectivity index (χ0) is 14.2. The molecule has 0 spiro atoms. The third-order valence-electron chi connectivity index (χ3n) is 3.14. The van der Waals surface area contributed by atoms with Crippen molar-refractivity contribution in [2.75, 3.05) is 5.73 Å². The minimum Gasteiger partial charge on any atom is -0.398 e. The summed E-state index contributed by atoms with van der Waals surface area (Å²) in [6.07, 6.45) is 1.57. The second-order valence-electron chi connectivity index (χ2n) is 4.33. The van der Waals surface area contributed by atoms with E-state index in [4.69, 9.17) is 5.73 Å². The van der Waals surface area contributed by atoms with Crippen LogP contribution < -0.4 is 11.3 Å². The topological polar surface area (TPSA) is 87.0 Å². The number of rotatable bonds is 3. The predicted octanol–water partition coefficient (Wildman–Crippen LogP) is 1.36. The Kier molecular flexibility index (Phi) is 3.29. The summed E-state index contributed by atoms with van der Waals surface area (Å²) in [6, 6.07) is 3.10. The Morgan fingerprint density at radius 2 is 2.11 bits per heavy atom. The molecule has 6 nitrogen and oxygen atoms in total. The van der Waals surface area contributed by atoms with E-state index in [1.54, 1.807) is 23.9 Å². The van der Waals surface area contributed by atoms with Crippen molar-refractivity contribution in [3.63, 3.8) is 0 Å². The lowest BCUT2D eigenvalue weighted by atomic mass is 9.77. The van der Waals surface area contributed by atoms with Gasteiger partial charge < -0.3 is 5.73 Å². The summed E-state index contributed by atoms with van der Waals surface area (Å²) in [4.78, 5) is 15.0. The molecule has 0 atom stereocenters. The number of nitrogen functional groups attached to an aromatic ring is 1. The van der Waals surface area contributed by atoms with E-state index in [2.05, 4.69) is 4.98 Å². The monoisotopic (exact) mass is 257 g/mol. The molecule has 2 N–H and O–H groups in total. The Balaban J connectivity index is 2.70. The molecular weight excluding hydrogens is 243 g/mol. The minimum absolute atomic E-state index is 0.0230. The summed E-state index contributed by atoms with van der Waals surface area (Å²) >= 11 is 0. The maximum absolute atomic E-state index is 11.2. The molecule has 2 rings (SSSR count). The Bertz CT molecular complexity index is 651. The van der Waals surface area contributed by atoms with Gasteiger partial charge in [-0.3, -0.25) is 19.7 Å². The number of imidazole rings is 1. The number of nitrogens with zero attached hydrogens (tertiary/aromatic N) is 3. The number of nitrogens with two attached hydrogens (primary N) is 1. The first-order valence-corrected chi connectivity index (χ1v) is 5.84. The number of anilines is 1. The SMILES string of the molecule is C[B]c1ncn(-c2cc(N)c(C)cc2[N+](=O)[O-])c1C. The third-order valence-corrected chi connectivity index (χ3v) is 3.14. The highest BCUT2D eigenvalue weighted by Gasteiger charge is 2.19. The first kappa shape index (κ1) is 13.1. The van der Waals surface area contributed by atoms with Gasteiger partial charge in [0.2, 0.25) is 0 Å². The Morgan fingerprint density at radius 1 is 1.42 bits per heavy atom. The Hall–Kier alpha value is -2.31. The molecule has 97 valence electrons. The maximum Gasteiger partial charge on any atom is 0.293 e. The molecule has 1 aromatic heterocycles. The van der Waals surface area contributed by atoms with Gasteiger partial charge in [-0.25, -0.2) is 0 Å². The average molecular weight is 257 g/mol. The minimum atomic E-state index is -0.406. The summed E-state index contributed by atoms with van der Waals surface area (Å²) in [5, 5.41) is 11.2. The van der Waals surface area contributed by atoms with Crippen LogP contribution in [0.25, 0.3) is 5.69 Å². The van der Waals surface area contributed by atoms with Crippen molar-refractivity contribution >= 4 is 24.2 Å². The molecule has 0 aliphatic rings. The first-order chi connectivity index (χ1) is 8.95. The van der Waals surface area contributed by atoms with Crippen LogP contribution in [-0.2, 0) is 0 Å². The fourth-order valence-electron chi connectivity index (χ4n) is 1.99. The van der Waals surface area contributed by atoms with Gasteiger partial charge in [-0.15, -0.1) is 0 Å². The Morgan fingerprint density at radius 3 is 2.63 bits per heavy atom. The van der Waals surface area contributed by atoms with E-state index < -0.39 is 4.92 Å². The van der Waals surface area contributed by atoms with Gasteiger partial charge in [0.15, 0.2) is 7.28 Å². The van der Waals surface area contributed by atoms with Crippen LogP contribution >= 0.6 is 0 Å². The number of hydrogen-bond donors (Lipinski definition) is 1. The van der Waals surface area contributed by atoms with Crippen molar-refractivity contribution in [2.24, 2.45) is 0 Å². The van der Waals surface area contributed by atoms with Crippen LogP contribution in [-0.4, -0.2) is 21.8 Å². The van der Waals surface area contributed by atoms with Gasteiger partial charge in [-0.2, -0.15) is 0 Å². The molecule has 0 amide bonds. The summed E-state index contributed by atoms with van der Waals surface area (Å²) in [7, 11) is 1.86. The van der Waals surface area contributed by atoms with Crippen LogP contribution in [0.3, 0.4) is 0 Å². The fraction of sp³-hybridized carbons (Fsp3) is 0.250. The van der Waals surface area contributed by atoms with E-state index in [0.717, 1.165) is 11.3 Å². The van der Waals surface area contributed by atoms with E-state index >= 15 is 0 Å². The van der Waals surface area contributed by atoms with Crippen LogP contribution in [0.1, 0.15) is 11.3 Å². The summed E-state index contributed by atoms with van der Waals surface area (Å²) in [5.74, 6) is 0. The zero-order valence-corrected chi connectivity index (χ0v) is 11.0. The van der Waals surface area contributed by atoms with Gasteiger partial charge in [-0.1, -0.05) is 6.82 Å². The van der Waals surface area contributed by atoms with E-state index in [9.17, 15) is 10.1 Å². The maximum atomic E-state index is 11.2. The number of benzene rings is 1. The summed E-state index contributed by atoms with van der Waals surface area (Å²) < 4.78 is 1.68. The van der Waals surface area contributed by atoms with Gasteiger partial charge >= 0.3 is 0 Å². The number of nitro benzene ring substituents is 1. The molecule has 1 aromatic carbocycles. The molecule has 0 fully saturated rings. The standard InChI is InChI=1S/C12H14BN4O2/c1-7-4-11(17(18)19)10(5-9(7)14)16-6-15-12(13-3)8(16)2/h4-6H,14H2,1-3H3. The molecule has 0 unspecified atom stereocenters. The van der Waals surface area contributed by atoms with Crippen molar-refractivity contribution in [1.82, 2.24) is 9.55 Å². The van der Waals surface area contributed by atoms with Gasteiger partial charge in [0.1, 0.15) is 5.69 Å². The molecule has 0 saturated carbocycles. The predicted molar refractivity (Wildman–Crippen MR) is 75.4 cm³/mol. The molecular formula is C12H14BN4O2. The number of aryl methyl sites for hydroxylation is 1. The molecule has 7 heteroatoms. The van der Waals surface area contributed by atoms with Crippen LogP contribution in [0.2, 0.25) is 6.82 Å². The lowest BCUT2D eigenvalue weighted by Gasteiger charge is -2.09. The van der Waals surface area contributed by atoms with E-state index in [0.29, 0.717) is 16.9 Å². The average Bonchev–Trinajstić information content (AvgIpc) is 2.73. The highest BCUT2D eigenvalue weighted by molar-refractivity contribution is 6.51. The number of nitro groups is 1. The van der Waals surface area contributed by atoms with Gasteiger partial charge in [0.25, 0.3) is 5.69 Å². The largest absolute Gasteiger partial charge is 0.398 e. The van der Waals surface area contributed by atoms with Crippen molar-refractivity contribution in [3.05, 3.63) is 39.8 Å². The van der Waals surface area contributed by atoms with Gasteiger partial charge in [-0.05, 0) is 25.5 Å². The van der Waals surface area contributed by atoms with E-state index in [-0.39, 0.29) is 5.69 Å². The molecule has 19 heavy (non-hydrogen) atoms. The molecule has 0 bridgehead atoms. The van der Waals surface area contributed by atoms with E-state index in [1.165, 1.54) is 6.07 Å². The lowest BCUT2D eigenvalue weighted by Crippen LogP contribution is -2.16. The van der Waals surface area contributed by atoms with Crippen molar-refractivity contribution in [1.29, 1.82) is 0 Å². The highest BCUT2D eigenvalue weighted by atomic mass is 16.6. The molecule has 0 aliphatic carbocycles.